The van der Waals surface area contributed by atoms with Gasteiger partial charge in [0.2, 0.25) is 5.78 Å². The normalized spacial score (nSPS) is 15.8. The predicted octanol–water partition coefficient (Wildman–Crippen LogP) is 6.45. The first kappa shape index (κ1) is 23.7. The van der Waals surface area contributed by atoms with Gasteiger partial charge in [-0.3, -0.25) is 4.79 Å². The Morgan fingerprint density at radius 1 is 1.19 bits per heavy atom. The van der Waals surface area contributed by atoms with Gasteiger partial charge in [0, 0.05) is 22.1 Å². The number of hydrogen-bond donors (Lipinski definition) is 0. The molecule has 5 aromatic rings. The van der Waals surface area contributed by atoms with E-state index in [2.05, 4.69) is 24.0 Å². The van der Waals surface area contributed by atoms with Crippen molar-refractivity contribution in [3.05, 3.63) is 85.5 Å². The van der Waals surface area contributed by atoms with Gasteiger partial charge in [0.1, 0.15) is 4.83 Å². The minimum absolute atomic E-state index is 0.0555. The van der Waals surface area contributed by atoms with Crippen molar-refractivity contribution in [1.29, 1.82) is 0 Å². The van der Waals surface area contributed by atoms with Crippen LogP contribution >= 0.6 is 34.7 Å². The summed E-state index contributed by atoms with van der Waals surface area (Å²) in [5.41, 5.74) is 3.94. The molecule has 0 unspecified atom stereocenters. The Balaban J connectivity index is 1.59. The second kappa shape index (κ2) is 9.34. The summed E-state index contributed by atoms with van der Waals surface area (Å²) < 4.78 is 9.89. The highest BCUT2D eigenvalue weighted by atomic mass is 35.5. The molecule has 1 atom stereocenters. The van der Waals surface area contributed by atoms with E-state index >= 15 is 0 Å². The number of halogens is 1. The molecule has 0 saturated carbocycles. The van der Waals surface area contributed by atoms with Crippen LogP contribution in [-0.2, 0) is 23.5 Å². The molecule has 0 fully saturated rings. The number of aromatic nitrogens is 4. The van der Waals surface area contributed by atoms with Gasteiger partial charge in [-0.2, -0.15) is 0 Å². The molecule has 0 spiro atoms. The molecule has 0 radical (unpaired) electrons. The molecule has 0 amide bonds. The van der Waals surface area contributed by atoms with Gasteiger partial charge in [-0.05, 0) is 47.7 Å². The van der Waals surface area contributed by atoms with Crippen LogP contribution in [0.3, 0.4) is 0 Å². The number of nitrogens with zero attached hydrogens (tertiary/aromatic N) is 4. The van der Waals surface area contributed by atoms with Crippen molar-refractivity contribution in [2.45, 2.75) is 50.8 Å². The van der Waals surface area contributed by atoms with Crippen LogP contribution in [0.15, 0.2) is 58.5 Å². The van der Waals surface area contributed by atoms with Crippen molar-refractivity contribution >= 4 is 50.7 Å². The van der Waals surface area contributed by atoms with E-state index in [4.69, 9.17) is 16.3 Å². The second-order valence-corrected chi connectivity index (χ2v) is 11.9. The topological polar surface area (TPSA) is 61.4 Å². The molecule has 2 aromatic carbocycles. The van der Waals surface area contributed by atoms with E-state index in [9.17, 15) is 4.79 Å². The fourth-order valence-corrected chi connectivity index (χ4v) is 7.24. The van der Waals surface area contributed by atoms with E-state index in [0.717, 1.165) is 54.1 Å². The van der Waals surface area contributed by atoms with Gasteiger partial charge in [0.15, 0.2) is 5.16 Å². The van der Waals surface area contributed by atoms with Crippen molar-refractivity contribution in [3.63, 3.8) is 0 Å². The number of fused-ring (bicyclic) bond motifs is 5. The minimum atomic E-state index is -0.0555. The van der Waals surface area contributed by atoms with Crippen molar-refractivity contribution < 1.29 is 4.74 Å². The Morgan fingerprint density at radius 2 is 2.03 bits per heavy atom. The van der Waals surface area contributed by atoms with Gasteiger partial charge < -0.3 is 4.74 Å². The number of hydrogen-bond acceptors (Lipinski definition) is 6. The first-order chi connectivity index (χ1) is 17.4. The van der Waals surface area contributed by atoms with Crippen LogP contribution in [0.5, 0.6) is 0 Å². The molecule has 6 nitrogen and oxygen atoms in total. The molecule has 0 bridgehead atoms. The van der Waals surface area contributed by atoms with Crippen LogP contribution in [0.2, 0.25) is 5.02 Å². The Bertz CT molecular complexity index is 1670. The van der Waals surface area contributed by atoms with Crippen molar-refractivity contribution in [2.24, 2.45) is 5.92 Å². The quantitative estimate of drug-likeness (QED) is 0.242. The minimum Gasteiger partial charge on any atom is -0.372 e. The highest BCUT2D eigenvalue weighted by Crippen LogP contribution is 2.38. The summed E-state index contributed by atoms with van der Waals surface area (Å²) in [6.07, 6.45) is 0.819. The number of ether oxygens (including phenoxy) is 1. The maximum atomic E-state index is 14.1. The zero-order chi connectivity index (χ0) is 25.0. The Kier molecular flexibility index (Phi) is 6.16. The van der Waals surface area contributed by atoms with E-state index in [0.29, 0.717) is 24.1 Å². The summed E-state index contributed by atoms with van der Waals surface area (Å²) in [4.78, 5) is 16.1. The molecule has 0 saturated heterocycles. The molecule has 9 heteroatoms. The smallest absolute Gasteiger partial charge is 0.268 e. The molecular formula is C27H25ClN4O2S2. The van der Waals surface area contributed by atoms with Crippen LogP contribution in [0.25, 0.3) is 21.7 Å². The summed E-state index contributed by atoms with van der Waals surface area (Å²) in [5, 5.41) is 11.3. The van der Waals surface area contributed by atoms with Crippen LogP contribution in [0, 0.1) is 12.8 Å². The fourth-order valence-electron chi connectivity index (χ4n) is 4.72. The maximum absolute atomic E-state index is 14.1. The van der Waals surface area contributed by atoms with Crippen LogP contribution in [0.1, 0.15) is 35.4 Å². The number of thiophene rings is 1. The molecule has 0 aliphatic carbocycles. The van der Waals surface area contributed by atoms with E-state index in [1.165, 1.54) is 0 Å². The highest BCUT2D eigenvalue weighted by Gasteiger charge is 2.30. The molecule has 36 heavy (non-hydrogen) atoms. The Hall–Kier alpha value is -2.65. The standard InChI is InChI=1S/C27H25ClN4O2S2/c1-15(2)21-12-19-22(13-34-21)36-25-23(19)24(33)31(18-9-6-7-16(3)11-18)26-29-30-27(32(25)26)35-14-17-8-4-5-10-20(17)28/h4-11,15,21H,12-14H2,1-3H3/t21-/m0/s1. The summed E-state index contributed by atoms with van der Waals surface area (Å²) >= 11 is 9.59. The van der Waals surface area contributed by atoms with Gasteiger partial charge in [-0.15, -0.1) is 21.5 Å². The second-order valence-electron chi connectivity index (χ2n) is 9.46. The summed E-state index contributed by atoms with van der Waals surface area (Å²) in [7, 11) is 0. The first-order valence-electron chi connectivity index (χ1n) is 11.9. The summed E-state index contributed by atoms with van der Waals surface area (Å²) in [5.74, 6) is 1.53. The van der Waals surface area contributed by atoms with Crippen molar-refractivity contribution in [1.82, 2.24) is 19.2 Å². The third kappa shape index (κ3) is 3.96. The van der Waals surface area contributed by atoms with Crippen molar-refractivity contribution in [3.8, 4) is 5.69 Å². The van der Waals surface area contributed by atoms with Crippen LogP contribution in [-0.4, -0.2) is 25.3 Å². The lowest BCUT2D eigenvalue weighted by Gasteiger charge is -2.26. The molecule has 3 aromatic heterocycles. The predicted molar refractivity (Wildman–Crippen MR) is 147 cm³/mol. The lowest BCUT2D eigenvalue weighted by atomic mass is 9.96. The van der Waals surface area contributed by atoms with Crippen LogP contribution < -0.4 is 5.56 Å². The average molecular weight is 537 g/mol. The third-order valence-electron chi connectivity index (χ3n) is 6.66. The monoisotopic (exact) mass is 536 g/mol. The molecule has 0 N–H and O–H groups in total. The fraction of sp³-hybridized carbons (Fsp3) is 0.296. The lowest BCUT2D eigenvalue weighted by Crippen LogP contribution is -2.28. The molecule has 1 aliphatic heterocycles. The molecule has 184 valence electrons. The van der Waals surface area contributed by atoms with Crippen LogP contribution in [0.4, 0.5) is 0 Å². The SMILES string of the molecule is Cc1cccc(-n2c(=O)c3c4c(sc3n3c(SCc5ccccc5Cl)nnc23)CO[C@H](C(C)C)C4)c1. The van der Waals surface area contributed by atoms with Crippen molar-refractivity contribution in [2.75, 3.05) is 0 Å². The molecule has 1 aliphatic rings. The highest BCUT2D eigenvalue weighted by molar-refractivity contribution is 7.98. The number of rotatable bonds is 5. The molecular weight excluding hydrogens is 512 g/mol. The number of aryl methyl sites for hydroxylation is 1. The van der Waals surface area contributed by atoms with Gasteiger partial charge >= 0.3 is 0 Å². The van der Waals surface area contributed by atoms with E-state index < -0.39 is 0 Å². The Labute approximate surface area is 221 Å². The first-order valence-corrected chi connectivity index (χ1v) is 14.1. The van der Waals surface area contributed by atoms with Gasteiger partial charge in [-0.25, -0.2) is 8.97 Å². The molecule has 6 rings (SSSR count). The van der Waals surface area contributed by atoms with Gasteiger partial charge in [0.25, 0.3) is 5.56 Å². The summed E-state index contributed by atoms with van der Waals surface area (Å²) in [6.45, 7) is 6.87. The Morgan fingerprint density at radius 3 is 2.81 bits per heavy atom. The van der Waals surface area contributed by atoms with Gasteiger partial charge in [0.05, 0.1) is 23.8 Å². The zero-order valence-electron chi connectivity index (χ0n) is 20.2. The van der Waals surface area contributed by atoms with Gasteiger partial charge in [-0.1, -0.05) is 67.5 Å². The third-order valence-corrected chi connectivity index (χ3v) is 9.20. The number of thioether (sulfide) groups is 1. The maximum Gasteiger partial charge on any atom is 0.268 e. The number of benzene rings is 2. The van der Waals surface area contributed by atoms with E-state index in [1.807, 2.05) is 59.9 Å². The largest absolute Gasteiger partial charge is 0.372 e. The zero-order valence-corrected chi connectivity index (χ0v) is 22.6. The van der Waals surface area contributed by atoms with E-state index in [1.54, 1.807) is 27.7 Å². The van der Waals surface area contributed by atoms with E-state index in [-0.39, 0.29) is 11.7 Å². The molecule has 4 heterocycles. The lowest BCUT2D eigenvalue weighted by molar-refractivity contribution is 0.00200. The summed E-state index contributed by atoms with van der Waals surface area (Å²) in [6, 6.07) is 15.8. The average Bonchev–Trinajstić information content (AvgIpc) is 3.45.